The van der Waals surface area contributed by atoms with Crippen LogP contribution in [-0.4, -0.2) is 34.8 Å². The van der Waals surface area contributed by atoms with Crippen molar-refractivity contribution in [3.63, 3.8) is 0 Å². The molecule has 0 saturated carbocycles. The standard InChI is InChI=1S/C12H12FIN2O5/c13-7-3-9(10(16(19)20)4-8(7)14)15-5-6-1-2-11(21-6)12(17)18/h3-4,6,11,15H,1-2,5H2,(H,17,18). The molecule has 2 atom stereocenters. The molecule has 114 valence electrons. The van der Waals surface area contributed by atoms with Gasteiger partial charge in [0.15, 0.2) is 6.10 Å². The Morgan fingerprint density at radius 1 is 1.57 bits per heavy atom. The number of nitro groups is 1. The Hall–Kier alpha value is -1.49. The molecule has 1 heterocycles. The number of benzene rings is 1. The number of rotatable bonds is 5. The van der Waals surface area contributed by atoms with Crippen molar-refractivity contribution in [3.8, 4) is 0 Å². The van der Waals surface area contributed by atoms with Gasteiger partial charge in [-0.25, -0.2) is 9.18 Å². The summed E-state index contributed by atoms with van der Waals surface area (Å²) in [6, 6.07) is 2.21. The quantitative estimate of drug-likeness (QED) is 0.439. The van der Waals surface area contributed by atoms with Crippen molar-refractivity contribution in [2.45, 2.75) is 25.0 Å². The Balaban J connectivity index is 2.05. The summed E-state index contributed by atoms with van der Waals surface area (Å²) in [6.07, 6.45) is -0.289. The lowest BCUT2D eigenvalue weighted by Gasteiger charge is -2.13. The van der Waals surface area contributed by atoms with Gasteiger partial charge in [-0.15, -0.1) is 0 Å². The van der Waals surface area contributed by atoms with Crippen LogP contribution >= 0.6 is 22.6 Å². The molecule has 1 aliphatic rings. The van der Waals surface area contributed by atoms with Gasteiger partial charge in [-0.2, -0.15) is 0 Å². The van der Waals surface area contributed by atoms with E-state index in [0.717, 1.165) is 12.1 Å². The minimum atomic E-state index is -1.02. The number of carboxylic acids is 1. The Morgan fingerprint density at radius 2 is 2.29 bits per heavy atom. The van der Waals surface area contributed by atoms with E-state index in [1.54, 1.807) is 22.6 Å². The minimum Gasteiger partial charge on any atom is -0.479 e. The van der Waals surface area contributed by atoms with Crippen LogP contribution in [0.2, 0.25) is 0 Å². The number of carbonyl (C=O) groups is 1. The van der Waals surface area contributed by atoms with Gasteiger partial charge in [0.25, 0.3) is 5.69 Å². The first-order valence-corrected chi connectivity index (χ1v) is 7.22. The van der Waals surface area contributed by atoms with E-state index in [-0.39, 0.29) is 27.6 Å². The molecule has 1 aromatic rings. The Labute approximate surface area is 132 Å². The predicted molar refractivity (Wildman–Crippen MR) is 79.8 cm³/mol. The van der Waals surface area contributed by atoms with Gasteiger partial charge in [0.1, 0.15) is 11.5 Å². The molecule has 1 saturated heterocycles. The summed E-state index contributed by atoms with van der Waals surface area (Å²) in [5.74, 6) is -1.58. The molecule has 9 heteroatoms. The molecule has 0 spiro atoms. The van der Waals surface area contributed by atoms with Crippen molar-refractivity contribution < 1.29 is 24.0 Å². The van der Waals surface area contributed by atoms with Gasteiger partial charge in [0.05, 0.1) is 14.6 Å². The van der Waals surface area contributed by atoms with Crippen LogP contribution in [0.1, 0.15) is 12.8 Å². The number of nitro benzene ring substituents is 1. The predicted octanol–water partition coefficient (Wildman–Crippen LogP) is 2.38. The fourth-order valence-electron chi connectivity index (χ4n) is 2.09. The van der Waals surface area contributed by atoms with Crippen LogP contribution in [0.3, 0.4) is 0 Å². The summed E-state index contributed by atoms with van der Waals surface area (Å²) in [5, 5.41) is 22.5. The number of nitrogens with one attached hydrogen (secondary N) is 1. The van der Waals surface area contributed by atoms with Crippen LogP contribution in [0, 0.1) is 19.5 Å². The first kappa shape index (κ1) is 15.9. The van der Waals surface area contributed by atoms with Gasteiger partial charge in [-0.05, 0) is 35.4 Å². The lowest BCUT2D eigenvalue weighted by Crippen LogP contribution is -2.24. The topological polar surface area (TPSA) is 102 Å². The van der Waals surface area contributed by atoms with Gasteiger partial charge in [0, 0.05) is 18.7 Å². The Bertz CT molecular complexity index is 583. The zero-order valence-corrected chi connectivity index (χ0v) is 12.9. The van der Waals surface area contributed by atoms with Crippen molar-refractivity contribution in [2.24, 2.45) is 0 Å². The highest BCUT2D eigenvalue weighted by atomic mass is 127. The average Bonchev–Trinajstić information content (AvgIpc) is 2.88. The van der Waals surface area contributed by atoms with E-state index in [2.05, 4.69) is 5.32 Å². The summed E-state index contributed by atoms with van der Waals surface area (Å²) in [5.41, 5.74) is -0.172. The zero-order valence-electron chi connectivity index (χ0n) is 10.7. The maximum absolute atomic E-state index is 13.5. The molecule has 2 rings (SSSR count). The van der Waals surface area contributed by atoms with E-state index in [9.17, 15) is 19.3 Å². The second kappa shape index (κ2) is 6.52. The highest BCUT2D eigenvalue weighted by molar-refractivity contribution is 14.1. The van der Waals surface area contributed by atoms with E-state index < -0.39 is 22.8 Å². The molecule has 2 N–H and O–H groups in total. The molecular formula is C12H12FIN2O5. The molecule has 7 nitrogen and oxygen atoms in total. The van der Waals surface area contributed by atoms with E-state index >= 15 is 0 Å². The number of nitrogens with zero attached hydrogens (tertiary/aromatic N) is 1. The molecule has 2 unspecified atom stereocenters. The number of carboxylic acid groups (broad SMARTS) is 1. The van der Waals surface area contributed by atoms with E-state index in [0.29, 0.717) is 12.8 Å². The summed E-state index contributed by atoms with van der Waals surface area (Å²) in [7, 11) is 0. The van der Waals surface area contributed by atoms with Crippen LogP contribution in [0.25, 0.3) is 0 Å². The van der Waals surface area contributed by atoms with Gasteiger partial charge in [-0.1, -0.05) is 0 Å². The third kappa shape index (κ3) is 3.79. The van der Waals surface area contributed by atoms with Crippen LogP contribution in [0.5, 0.6) is 0 Å². The lowest BCUT2D eigenvalue weighted by atomic mass is 10.2. The normalized spacial score (nSPS) is 21.2. The SMILES string of the molecule is O=C(O)C1CCC(CNc2cc(F)c(I)cc2[N+](=O)[O-])O1. The van der Waals surface area contributed by atoms with Gasteiger partial charge >= 0.3 is 5.97 Å². The maximum Gasteiger partial charge on any atom is 0.332 e. The van der Waals surface area contributed by atoms with Crippen molar-refractivity contribution in [3.05, 3.63) is 31.6 Å². The maximum atomic E-state index is 13.5. The second-order valence-electron chi connectivity index (χ2n) is 4.58. The molecular weight excluding hydrogens is 398 g/mol. The highest BCUT2D eigenvalue weighted by Gasteiger charge is 2.30. The van der Waals surface area contributed by atoms with Crippen LogP contribution in [0.4, 0.5) is 15.8 Å². The number of anilines is 1. The summed E-state index contributed by atoms with van der Waals surface area (Å²) >= 11 is 1.68. The summed E-state index contributed by atoms with van der Waals surface area (Å²) in [6.45, 7) is 0.185. The molecule has 0 bridgehead atoms. The first-order chi connectivity index (χ1) is 9.88. The second-order valence-corrected chi connectivity index (χ2v) is 5.75. The molecule has 1 fully saturated rings. The highest BCUT2D eigenvalue weighted by Crippen LogP contribution is 2.29. The molecule has 1 aliphatic heterocycles. The fourth-order valence-corrected chi connectivity index (χ4v) is 2.54. The van der Waals surface area contributed by atoms with E-state index in [1.165, 1.54) is 0 Å². The van der Waals surface area contributed by atoms with Crippen molar-refractivity contribution in [1.82, 2.24) is 0 Å². The number of hydrogen-bond acceptors (Lipinski definition) is 5. The molecule has 0 radical (unpaired) electrons. The summed E-state index contributed by atoms with van der Waals surface area (Å²) in [4.78, 5) is 21.1. The van der Waals surface area contributed by atoms with Crippen LogP contribution < -0.4 is 5.32 Å². The third-order valence-electron chi connectivity index (χ3n) is 3.14. The molecule has 21 heavy (non-hydrogen) atoms. The summed E-state index contributed by atoms with van der Waals surface area (Å²) < 4.78 is 18.9. The van der Waals surface area contributed by atoms with Crippen molar-refractivity contribution >= 4 is 39.9 Å². The fraction of sp³-hybridized carbons (Fsp3) is 0.417. The Morgan fingerprint density at radius 3 is 2.86 bits per heavy atom. The monoisotopic (exact) mass is 410 g/mol. The van der Waals surface area contributed by atoms with Crippen molar-refractivity contribution in [2.75, 3.05) is 11.9 Å². The first-order valence-electron chi connectivity index (χ1n) is 6.14. The minimum absolute atomic E-state index is 0.0558. The number of hydrogen-bond donors (Lipinski definition) is 2. The number of halogens is 2. The van der Waals surface area contributed by atoms with Crippen molar-refractivity contribution in [1.29, 1.82) is 0 Å². The zero-order chi connectivity index (χ0) is 15.6. The number of ether oxygens (including phenoxy) is 1. The molecule has 0 aromatic heterocycles. The van der Waals surface area contributed by atoms with E-state index in [4.69, 9.17) is 9.84 Å². The van der Waals surface area contributed by atoms with Gasteiger partial charge in [0.2, 0.25) is 0 Å². The smallest absolute Gasteiger partial charge is 0.332 e. The van der Waals surface area contributed by atoms with Gasteiger partial charge in [-0.3, -0.25) is 10.1 Å². The number of aliphatic carboxylic acids is 1. The van der Waals surface area contributed by atoms with E-state index in [1.807, 2.05) is 0 Å². The molecule has 1 aromatic carbocycles. The van der Waals surface area contributed by atoms with Gasteiger partial charge < -0.3 is 15.2 Å². The lowest BCUT2D eigenvalue weighted by molar-refractivity contribution is -0.384. The molecule has 0 aliphatic carbocycles. The van der Waals surface area contributed by atoms with Crippen LogP contribution in [-0.2, 0) is 9.53 Å². The average molecular weight is 410 g/mol. The van der Waals surface area contributed by atoms with Crippen LogP contribution in [0.15, 0.2) is 12.1 Å². The largest absolute Gasteiger partial charge is 0.479 e. The Kier molecular flexibility index (Phi) is 4.93. The third-order valence-corrected chi connectivity index (χ3v) is 3.97. The molecule has 0 amide bonds.